The van der Waals surface area contributed by atoms with Crippen molar-refractivity contribution < 1.29 is 17.6 Å². The van der Waals surface area contributed by atoms with E-state index in [2.05, 4.69) is 5.32 Å². The van der Waals surface area contributed by atoms with Gasteiger partial charge in [0.1, 0.15) is 5.82 Å². The molecule has 7 heteroatoms. The van der Waals surface area contributed by atoms with Gasteiger partial charge < -0.3 is 5.32 Å². The molecule has 0 heterocycles. The Balaban J connectivity index is 2.13. The molecule has 0 unspecified atom stereocenters. The molecule has 134 valence electrons. The minimum absolute atomic E-state index is 0.0248. The first-order valence-corrected chi connectivity index (χ1v) is 9.62. The molecule has 2 aromatic carbocycles. The first-order chi connectivity index (χ1) is 11.7. The van der Waals surface area contributed by atoms with Crippen molar-refractivity contribution in [3.05, 3.63) is 59.4 Å². The number of carbonyl (C=O) groups is 1. The lowest BCUT2D eigenvalue weighted by molar-refractivity contribution is -0.116. The minimum atomic E-state index is -3.55. The van der Waals surface area contributed by atoms with E-state index < -0.39 is 21.7 Å². The Kier molecular flexibility index (Phi) is 5.79. The molecule has 0 spiro atoms. The number of nitrogens with one attached hydrogen (secondary N) is 1. The van der Waals surface area contributed by atoms with Gasteiger partial charge in [-0.15, -0.1) is 0 Å². The second kappa shape index (κ2) is 7.65. The summed E-state index contributed by atoms with van der Waals surface area (Å²) in [5.41, 5.74) is 2.43. The number of carbonyl (C=O) groups excluding carboxylic acids is 1. The molecule has 0 saturated carbocycles. The van der Waals surface area contributed by atoms with Crippen LogP contribution in [0, 0.1) is 19.7 Å². The molecule has 0 fully saturated rings. The number of rotatable bonds is 6. The number of anilines is 2. The average Bonchev–Trinajstić information content (AvgIpc) is 2.50. The van der Waals surface area contributed by atoms with Crippen molar-refractivity contribution in [2.75, 3.05) is 22.4 Å². The van der Waals surface area contributed by atoms with Gasteiger partial charge in [-0.1, -0.05) is 29.8 Å². The van der Waals surface area contributed by atoms with Crippen molar-refractivity contribution in [1.29, 1.82) is 0 Å². The predicted molar refractivity (Wildman–Crippen MR) is 97.8 cm³/mol. The van der Waals surface area contributed by atoms with Crippen LogP contribution in [0.3, 0.4) is 0 Å². The van der Waals surface area contributed by atoms with E-state index in [1.807, 2.05) is 26.0 Å². The summed E-state index contributed by atoms with van der Waals surface area (Å²) in [6.45, 7) is 3.71. The third-order valence-electron chi connectivity index (χ3n) is 3.71. The molecule has 1 N–H and O–H groups in total. The highest BCUT2D eigenvalue weighted by Crippen LogP contribution is 2.24. The van der Waals surface area contributed by atoms with Gasteiger partial charge in [-0.3, -0.25) is 9.10 Å². The molecule has 25 heavy (non-hydrogen) atoms. The fourth-order valence-electron chi connectivity index (χ4n) is 2.53. The first-order valence-electron chi connectivity index (χ1n) is 7.78. The van der Waals surface area contributed by atoms with E-state index in [9.17, 15) is 17.6 Å². The standard InChI is InChI=1S/C18H21FN2O3S/c1-13-8-9-17(14(2)12-13)21(25(3,23)24)11-10-18(22)20-16-7-5-4-6-15(16)19/h4-9,12H,10-11H2,1-3H3,(H,20,22). The van der Waals surface area contributed by atoms with E-state index in [4.69, 9.17) is 0 Å². The average molecular weight is 364 g/mol. The van der Waals surface area contributed by atoms with Gasteiger partial charge in [0, 0.05) is 13.0 Å². The van der Waals surface area contributed by atoms with Crippen molar-refractivity contribution in [2.24, 2.45) is 0 Å². The minimum Gasteiger partial charge on any atom is -0.324 e. The van der Waals surface area contributed by atoms with Crippen molar-refractivity contribution in [2.45, 2.75) is 20.3 Å². The van der Waals surface area contributed by atoms with Crippen LogP contribution in [0.4, 0.5) is 15.8 Å². The number of nitrogens with zero attached hydrogens (tertiary/aromatic N) is 1. The van der Waals surface area contributed by atoms with E-state index in [0.29, 0.717) is 5.69 Å². The molecular formula is C18H21FN2O3S. The summed E-state index contributed by atoms with van der Waals surface area (Å²) in [6, 6.07) is 11.3. The van der Waals surface area contributed by atoms with E-state index in [0.717, 1.165) is 17.4 Å². The van der Waals surface area contributed by atoms with Crippen LogP contribution in [0.1, 0.15) is 17.5 Å². The molecule has 0 aliphatic carbocycles. The lowest BCUT2D eigenvalue weighted by Crippen LogP contribution is -2.33. The SMILES string of the molecule is Cc1ccc(N(CCC(=O)Nc2ccccc2F)S(C)(=O)=O)c(C)c1. The van der Waals surface area contributed by atoms with E-state index in [1.165, 1.54) is 22.5 Å². The maximum atomic E-state index is 13.6. The van der Waals surface area contributed by atoms with Crippen LogP contribution >= 0.6 is 0 Å². The Bertz CT molecular complexity index is 882. The van der Waals surface area contributed by atoms with E-state index in [-0.39, 0.29) is 18.7 Å². The fourth-order valence-corrected chi connectivity index (χ4v) is 3.51. The fraction of sp³-hybridized carbons (Fsp3) is 0.278. The Hall–Kier alpha value is -2.41. The Morgan fingerprint density at radius 2 is 1.84 bits per heavy atom. The number of para-hydroxylation sites is 1. The number of aryl methyl sites for hydroxylation is 2. The van der Waals surface area contributed by atoms with Gasteiger partial charge in [0.05, 0.1) is 17.6 Å². The van der Waals surface area contributed by atoms with Crippen LogP contribution in [0.15, 0.2) is 42.5 Å². The summed E-state index contributed by atoms with van der Waals surface area (Å²) in [4.78, 5) is 12.1. The molecule has 0 atom stereocenters. The van der Waals surface area contributed by atoms with Crippen LogP contribution in [-0.2, 0) is 14.8 Å². The number of hydrogen-bond acceptors (Lipinski definition) is 3. The molecule has 2 rings (SSSR count). The topological polar surface area (TPSA) is 66.5 Å². The molecule has 1 amide bonds. The molecule has 0 radical (unpaired) electrons. The van der Waals surface area contributed by atoms with E-state index in [1.54, 1.807) is 12.1 Å². The maximum Gasteiger partial charge on any atom is 0.232 e. The molecular weight excluding hydrogens is 343 g/mol. The summed E-state index contributed by atoms with van der Waals surface area (Å²) in [5, 5.41) is 2.46. The zero-order valence-corrected chi connectivity index (χ0v) is 15.2. The van der Waals surface area contributed by atoms with Crippen LogP contribution in [0.2, 0.25) is 0 Å². The number of benzene rings is 2. The van der Waals surface area contributed by atoms with Crippen molar-refractivity contribution in [3.8, 4) is 0 Å². The lowest BCUT2D eigenvalue weighted by Gasteiger charge is -2.24. The molecule has 0 saturated heterocycles. The number of halogens is 1. The monoisotopic (exact) mass is 364 g/mol. The normalized spacial score (nSPS) is 11.2. The van der Waals surface area contributed by atoms with Gasteiger partial charge in [0.25, 0.3) is 0 Å². The van der Waals surface area contributed by atoms with Gasteiger partial charge in [0.15, 0.2) is 0 Å². The number of sulfonamides is 1. The summed E-state index contributed by atoms with van der Waals surface area (Å²) >= 11 is 0. The summed E-state index contributed by atoms with van der Waals surface area (Å²) in [7, 11) is -3.55. The van der Waals surface area contributed by atoms with Crippen LogP contribution in [0.5, 0.6) is 0 Å². The van der Waals surface area contributed by atoms with Crippen LogP contribution in [0.25, 0.3) is 0 Å². The number of amides is 1. The summed E-state index contributed by atoms with van der Waals surface area (Å²) in [5.74, 6) is -0.992. The van der Waals surface area contributed by atoms with Crippen molar-refractivity contribution >= 4 is 27.3 Å². The zero-order chi connectivity index (χ0) is 18.6. The van der Waals surface area contributed by atoms with E-state index >= 15 is 0 Å². The Labute approximate surface area is 147 Å². The Morgan fingerprint density at radius 1 is 1.16 bits per heavy atom. The predicted octanol–water partition coefficient (Wildman–Crippen LogP) is 3.24. The van der Waals surface area contributed by atoms with Crippen LogP contribution < -0.4 is 9.62 Å². The highest BCUT2D eigenvalue weighted by atomic mass is 32.2. The highest BCUT2D eigenvalue weighted by molar-refractivity contribution is 7.92. The third kappa shape index (κ3) is 5.03. The lowest BCUT2D eigenvalue weighted by atomic mass is 10.1. The quantitative estimate of drug-likeness (QED) is 0.856. The molecule has 0 aliphatic heterocycles. The molecule has 0 aromatic heterocycles. The van der Waals surface area contributed by atoms with Gasteiger partial charge in [0.2, 0.25) is 15.9 Å². The largest absolute Gasteiger partial charge is 0.324 e. The summed E-state index contributed by atoms with van der Waals surface area (Å²) in [6.07, 6.45) is 1.01. The molecule has 5 nitrogen and oxygen atoms in total. The molecule has 2 aromatic rings. The zero-order valence-electron chi connectivity index (χ0n) is 14.4. The second-order valence-electron chi connectivity index (χ2n) is 5.90. The van der Waals surface area contributed by atoms with Crippen molar-refractivity contribution in [3.63, 3.8) is 0 Å². The van der Waals surface area contributed by atoms with Crippen LogP contribution in [-0.4, -0.2) is 27.1 Å². The first kappa shape index (κ1) is 18.9. The van der Waals surface area contributed by atoms with Crippen molar-refractivity contribution in [1.82, 2.24) is 0 Å². The van der Waals surface area contributed by atoms with Gasteiger partial charge in [-0.2, -0.15) is 0 Å². The Morgan fingerprint density at radius 3 is 2.44 bits per heavy atom. The van der Waals surface area contributed by atoms with Gasteiger partial charge in [-0.25, -0.2) is 12.8 Å². The smallest absolute Gasteiger partial charge is 0.232 e. The highest BCUT2D eigenvalue weighted by Gasteiger charge is 2.20. The van der Waals surface area contributed by atoms with Gasteiger partial charge in [-0.05, 0) is 37.6 Å². The second-order valence-corrected chi connectivity index (χ2v) is 7.81. The maximum absolute atomic E-state index is 13.6. The molecule has 0 aliphatic rings. The molecule has 0 bridgehead atoms. The van der Waals surface area contributed by atoms with Gasteiger partial charge >= 0.3 is 0 Å². The summed E-state index contributed by atoms with van der Waals surface area (Å²) < 4.78 is 39.0. The number of hydrogen-bond donors (Lipinski definition) is 1. The third-order valence-corrected chi connectivity index (χ3v) is 4.89.